The van der Waals surface area contributed by atoms with Gasteiger partial charge in [0.25, 0.3) is 0 Å². The molecule has 0 aromatic carbocycles. The van der Waals surface area contributed by atoms with E-state index in [0.29, 0.717) is 12.8 Å². The molecule has 4 nitrogen and oxygen atoms in total. The maximum Gasteiger partial charge on any atom is 0.0862 e. The SMILES string of the molecule is OCC[C@H]1O[C@H]2CCCO[C@@H]2CC1O. The lowest BCUT2D eigenvalue weighted by atomic mass is 9.93. The van der Waals surface area contributed by atoms with E-state index in [4.69, 9.17) is 14.6 Å². The molecule has 0 bridgehead atoms. The molecule has 2 aliphatic rings. The summed E-state index contributed by atoms with van der Waals surface area (Å²) in [4.78, 5) is 0. The molecule has 2 N–H and O–H groups in total. The van der Waals surface area contributed by atoms with Gasteiger partial charge in [0, 0.05) is 19.6 Å². The van der Waals surface area contributed by atoms with Gasteiger partial charge in [-0.25, -0.2) is 0 Å². The molecule has 0 amide bonds. The predicted octanol–water partition coefficient (Wildman–Crippen LogP) is 0.0662. The van der Waals surface area contributed by atoms with E-state index in [-0.39, 0.29) is 24.9 Å². The maximum atomic E-state index is 9.72. The number of hydrogen-bond acceptors (Lipinski definition) is 4. The fourth-order valence-electron chi connectivity index (χ4n) is 2.28. The fraction of sp³-hybridized carbons (Fsp3) is 1.00. The molecular weight excluding hydrogens is 184 g/mol. The highest BCUT2D eigenvalue weighted by Crippen LogP contribution is 2.29. The number of aliphatic hydroxyl groups excluding tert-OH is 2. The second-order valence-electron chi connectivity index (χ2n) is 4.08. The highest BCUT2D eigenvalue weighted by atomic mass is 16.6. The summed E-state index contributed by atoms with van der Waals surface area (Å²) in [6.45, 7) is 0.849. The number of rotatable bonds is 2. The van der Waals surface area contributed by atoms with Crippen LogP contribution >= 0.6 is 0 Å². The van der Waals surface area contributed by atoms with Crippen LogP contribution < -0.4 is 0 Å². The van der Waals surface area contributed by atoms with Gasteiger partial charge in [0.2, 0.25) is 0 Å². The van der Waals surface area contributed by atoms with Gasteiger partial charge >= 0.3 is 0 Å². The summed E-state index contributed by atoms with van der Waals surface area (Å²) in [5.74, 6) is 0. The van der Waals surface area contributed by atoms with Crippen LogP contribution in [0.4, 0.5) is 0 Å². The highest BCUT2D eigenvalue weighted by molar-refractivity contribution is 4.87. The normalized spacial score (nSPS) is 43.3. The molecule has 0 aromatic heterocycles. The summed E-state index contributed by atoms with van der Waals surface area (Å²) in [5, 5.41) is 18.5. The highest BCUT2D eigenvalue weighted by Gasteiger charge is 2.38. The second kappa shape index (κ2) is 4.57. The molecular formula is C10H18O4. The molecule has 0 aromatic rings. The van der Waals surface area contributed by atoms with Gasteiger partial charge in [-0.2, -0.15) is 0 Å². The molecule has 1 unspecified atom stereocenters. The summed E-state index contributed by atoms with van der Waals surface area (Å²) >= 11 is 0. The van der Waals surface area contributed by atoms with Crippen molar-refractivity contribution >= 4 is 0 Å². The smallest absolute Gasteiger partial charge is 0.0862 e. The Morgan fingerprint density at radius 1 is 1.29 bits per heavy atom. The van der Waals surface area contributed by atoms with Crippen LogP contribution in [-0.4, -0.2) is 47.8 Å². The number of hydrogen-bond donors (Lipinski definition) is 2. The van der Waals surface area contributed by atoms with Crippen LogP contribution in [0.25, 0.3) is 0 Å². The molecule has 0 saturated carbocycles. The Bertz CT molecular complexity index is 183. The molecule has 0 radical (unpaired) electrons. The zero-order valence-electron chi connectivity index (χ0n) is 8.26. The molecule has 82 valence electrons. The summed E-state index contributed by atoms with van der Waals surface area (Å²) in [5.41, 5.74) is 0. The monoisotopic (exact) mass is 202 g/mol. The van der Waals surface area contributed by atoms with Crippen molar-refractivity contribution in [3.8, 4) is 0 Å². The van der Waals surface area contributed by atoms with Crippen molar-refractivity contribution in [1.29, 1.82) is 0 Å². The van der Waals surface area contributed by atoms with E-state index < -0.39 is 6.10 Å². The van der Waals surface area contributed by atoms with Crippen molar-refractivity contribution in [1.82, 2.24) is 0 Å². The van der Waals surface area contributed by atoms with E-state index in [1.807, 2.05) is 0 Å². The lowest BCUT2D eigenvalue weighted by Gasteiger charge is -2.41. The molecule has 2 fully saturated rings. The minimum absolute atomic E-state index is 0.0636. The Morgan fingerprint density at radius 3 is 2.93 bits per heavy atom. The summed E-state index contributed by atoms with van der Waals surface area (Å²) < 4.78 is 11.2. The van der Waals surface area contributed by atoms with Crippen molar-refractivity contribution in [3.63, 3.8) is 0 Å². The third kappa shape index (κ3) is 2.08. The first kappa shape index (κ1) is 10.4. The van der Waals surface area contributed by atoms with Crippen molar-refractivity contribution in [2.45, 2.75) is 50.1 Å². The van der Waals surface area contributed by atoms with Crippen LogP contribution in [0.2, 0.25) is 0 Å². The van der Waals surface area contributed by atoms with Gasteiger partial charge in [-0.3, -0.25) is 0 Å². The van der Waals surface area contributed by atoms with Gasteiger partial charge in [0.15, 0.2) is 0 Å². The summed E-state index contributed by atoms with van der Waals surface area (Å²) in [6.07, 6.45) is 2.71. The van der Waals surface area contributed by atoms with E-state index in [0.717, 1.165) is 19.4 Å². The standard InChI is InChI=1S/C10H18O4/c11-4-3-8-7(12)6-10-9(14-8)2-1-5-13-10/h7-12H,1-6H2/t7?,8-,9+,10-/m1/s1. The van der Waals surface area contributed by atoms with Crippen molar-refractivity contribution in [2.24, 2.45) is 0 Å². The van der Waals surface area contributed by atoms with E-state index in [1.54, 1.807) is 0 Å². The minimum Gasteiger partial charge on any atom is -0.396 e. The molecule has 0 aliphatic carbocycles. The Morgan fingerprint density at radius 2 is 2.14 bits per heavy atom. The quantitative estimate of drug-likeness (QED) is 0.665. The Kier molecular flexibility index (Phi) is 3.38. The largest absolute Gasteiger partial charge is 0.396 e. The zero-order chi connectivity index (χ0) is 9.97. The Hall–Kier alpha value is -0.160. The maximum absolute atomic E-state index is 9.72. The molecule has 2 saturated heterocycles. The number of aliphatic hydroxyl groups is 2. The topological polar surface area (TPSA) is 58.9 Å². The first-order chi connectivity index (χ1) is 6.81. The van der Waals surface area contributed by atoms with Crippen molar-refractivity contribution in [2.75, 3.05) is 13.2 Å². The van der Waals surface area contributed by atoms with E-state index >= 15 is 0 Å². The third-order valence-corrected chi connectivity index (χ3v) is 3.05. The molecule has 2 aliphatic heterocycles. The van der Waals surface area contributed by atoms with Gasteiger partial charge in [-0.15, -0.1) is 0 Å². The first-order valence-corrected chi connectivity index (χ1v) is 5.37. The van der Waals surface area contributed by atoms with Crippen LogP contribution in [0.3, 0.4) is 0 Å². The minimum atomic E-state index is -0.485. The first-order valence-electron chi connectivity index (χ1n) is 5.37. The van der Waals surface area contributed by atoms with E-state index in [9.17, 15) is 5.11 Å². The van der Waals surface area contributed by atoms with Gasteiger partial charge in [-0.1, -0.05) is 0 Å². The van der Waals surface area contributed by atoms with Gasteiger partial charge in [0.1, 0.15) is 0 Å². The Balaban J connectivity index is 1.92. The average molecular weight is 202 g/mol. The Labute approximate surface area is 83.8 Å². The van der Waals surface area contributed by atoms with Crippen LogP contribution in [0.15, 0.2) is 0 Å². The van der Waals surface area contributed by atoms with Crippen LogP contribution in [0.1, 0.15) is 25.7 Å². The van der Waals surface area contributed by atoms with Crippen LogP contribution in [0.5, 0.6) is 0 Å². The van der Waals surface area contributed by atoms with Crippen molar-refractivity contribution in [3.05, 3.63) is 0 Å². The molecule has 0 spiro atoms. The second-order valence-corrected chi connectivity index (χ2v) is 4.08. The summed E-state index contributed by atoms with van der Waals surface area (Å²) in [7, 11) is 0. The van der Waals surface area contributed by atoms with E-state index in [2.05, 4.69) is 0 Å². The van der Waals surface area contributed by atoms with Gasteiger partial charge < -0.3 is 19.7 Å². The summed E-state index contributed by atoms with van der Waals surface area (Å²) in [6, 6.07) is 0. The number of fused-ring (bicyclic) bond motifs is 1. The fourth-order valence-corrected chi connectivity index (χ4v) is 2.28. The average Bonchev–Trinajstić information content (AvgIpc) is 2.19. The third-order valence-electron chi connectivity index (χ3n) is 3.05. The van der Waals surface area contributed by atoms with Crippen molar-refractivity contribution < 1.29 is 19.7 Å². The van der Waals surface area contributed by atoms with E-state index in [1.165, 1.54) is 0 Å². The molecule has 4 heteroatoms. The molecule has 2 heterocycles. The van der Waals surface area contributed by atoms with Crippen LogP contribution in [0, 0.1) is 0 Å². The lowest BCUT2D eigenvalue weighted by Crippen LogP contribution is -2.50. The molecule has 4 atom stereocenters. The van der Waals surface area contributed by atoms with Crippen LogP contribution in [-0.2, 0) is 9.47 Å². The predicted molar refractivity (Wildman–Crippen MR) is 50.0 cm³/mol. The van der Waals surface area contributed by atoms with Gasteiger partial charge in [-0.05, 0) is 19.3 Å². The lowest BCUT2D eigenvalue weighted by molar-refractivity contribution is -0.204. The molecule has 2 rings (SSSR count). The zero-order valence-corrected chi connectivity index (χ0v) is 8.26. The van der Waals surface area contributed by atoms with Gasteiger partial charge in [0.05, 0.1) is 24.4 Å². The molecule has 14 heavy (non-hydrogen) atoms. The number of ether oxygens (including phenoxy) is 2.